The fourth-order valence-electron chi connectivity index (χ4n) is 1.74. The highest BCUT2D eigenvalue weighted by Crippen LogP contribution is 2.20. The molecule has 102 valence electrons. The Morgan fingerprint density at radius 2 is 2.11 bits per heavy atom. The lowest BCUT2D eigenvalue weighted by Crippen LogP contribution is -2.13. The second-order valence-electron chi connectivity index (χ2n) is 4.33. The molecule has 0 aliphatic carbocycles. The average Bonchev–Trinajstić information content (AvgIpc) is 2.86. The predicted molar refractivity (Wildman–Crippen MR) is 74.7 cm³/mol. The molecule has 19 heavy (non-hydrogen) atoms. The molecule has 0 aliphatic heterocycles. The van der Waals surface area contributed by atoms with Gasteiger partial charge in [0.1, 0.15) is 5.82 Å². The van der Waals surface area contributed by atoms with Gasteiger partial charge in [0, 0.05) is 29.8 Å². The Morgan fingerprint density at radius 3 is 2.74 bits per heavy atom. The summed E-state index contributed by atoms with van der Waals surface area (Å²) in [4.78, 5) is 0.963. The Hall–Kier alpha value is -1.33. The maximum atomic E-state index is 12.7. The van der Waals surface area contributed by atoms with Gasteiger partial charge in [0.2, 0.25) is 0 Å². The van der Waals surface area contributed by atoms with Crippen molar-refractivity contribution in [2.24, 2.45) is 0 Å². The van der Waals surface area contributed by atoms with Crippen molar-refractivity contribution in [2.75, 3.05) is 5.75 Å². The molecule has 0 fully saturated rings. The van der Waals surface area contributed by atoms with Crippen LogP contribution in [0, 0.1) is 5.82 Å². The SMILES string of the molecule is CCn1cc(CC(O)CSc2ccc(F)cc2)cn1. The lowest BCUT2D eigenvalue weighted by molar-refractivity contribution is 0.200. The Labute approximate surface area is 116 Å². The van der Waals surface area contributed by atoms with E-state index in [0.29, 0.717) is 12.2 Å². The van der Waals surface area contributed by atoms with E-state index in [1.54, 1.807) is 18.3 Å². The van der Waals surface area contributed by atoms with E-state index in [1.807, 2.05) is 17.8 Å². The quantitative estimate of drug-likeness (QED) is 0.827. The van der Waals surface area contributed by atoms with Crippen LogP contribution in [0.5, 0.6) is 0 Å². The van der Waals surface area contributed by atoms with E-state index in [9.17, 15) is 9.50 Å². The Morgan fingerprint density at radius 1 is 1.37 bits per heavy atom. The van der Waals surface area contributed by atoms with Gasteiger partial charge in [-0.1, -0.05) is 0 Å². The van der Waals surface area contributed by atoms with Crippen LogP contribution in [-0.2, 0) is 13.0 Å². The summed E-state index contributed by atoms with van der Waals surface area (Å²) in [6.07, 6.45) is 3.90. The minimum Gasteiger partial charge on any atom is -0.392 e. The first-order chi connectivity index (χ1) is 9.17. The molecule has 1 aromatic heterocycles. The van der Waals surface area contributed by atoms with Crippen LogP contribution >= 0.6 is 11.8 Å². The molecular formula is C14H17FN2OS. The molecule has 5 heteroatoms. The molecule has 0 saturated carbocycles. The van der Waals surface area contributed by atoms with Crippen LogP contribution in [0.4, 0.5) is 4.39 Å². The summed E-state index contributed by atoms with van der Waals surface area (Å²) in [6.45, 7) is 2.86. The van der Waals surface area contributed by atoms with Crippen molar-refractivity contribution < 1.29 is 9.50 Å². The number of aliphatic hydroxyl groups excluding tert-OH is 1. The standard InChI is InChI=1S/C14H17FN2OS/c1-2-17-9-11(8-16-17)7-13(18)10-19-14-5-3-12(15)4-6-14/h3-6,8-9,13,18H,2,7,10H2,1H3. The van der Waals surface area contributed by atoms with Gasteiger partial charge in [-0.3, -0.25) is 4.68 Å². The summed E-state index contributed by atoms with van der Waals surface area (Å²) in [5, 5.41) is 14.1. The molecule has 2 rings (SSSR count). The number of nitrogens with zero attached hydrogens (tertiary/aromatic N) is 2. The summed E-state index contributed by atoms with van der Waals surface area (Å²) in [5.74, 6) is 0.347. The minimum absolute atomic E-state index is 0.239. The summed E-state index contributed by atoms with van der Waals surface area (Å²) in [6, 6.07) is 6.31. The number of rotatable bonds is 6. The zero-order valence-corrected chi connectivity index (χ0v) is 11.6. The topological polar surface area (TPSA) is 38.0 Å². The van der Waals surface area contributed by atoms with Gasteiger partial charge in [-0.2, -0.15) is 5.10 Å². The molecule has 0 amide bonds. The molecule has 0 bridgehead atoms. The highest BCUT2D eigenvalue weighted by molar-refractivity contribution is 7.99. The van der Waals surface area contributed by atoms with Crippen molar-refractivity contribution in [3.63, 3.8) is 0 Å². The molecule has 2 aromatic rings. The van der Waals surface area contributed by atoms with Crippen molar-refractivity contribution in [1.29, 1.82) is 0 Å². The van der Waals surface area contributed by atoms with Crippen LogP contribution in [0.3, 0.4) is 0 Å². The third kappa shape index (κ3) is 4.36. The van der Waals surface area contributed by atoms with Crippen LogP contribution in [0.25, 0.3) is 0 Å². The fourth-order valence-corrected chi connectivity index (χ4v) is 2.57. The first-order valence-electron chi connectivity index (χ1n) is 6.25. The number of thioether (sulfide) groups is 1. The van der Waals surface area contributed by atoms with Gasteiger partial charge >= 0.3 is 0 Å². The molecule has 0 spiro atoms. The molecule has 1 atom stereocenters. The van der Waals surface area contributed by atoms with Crippen LogP contribution < -0.4 is 0 Å². The Kier molecular flexibility index (Phi) is 4.99. The molecular weight excluding hydrogens is 263 g/mol. The Bertz CT molecular complexity index is 512. The monoisotopic (exact) mass is 280 g/mol. The molecule has 1 aromatic carbocycles. The first-order valence-corrected chi connectivity index (χ1v) is 7.23. The van der Waals surface area contributed by atoms with Crippen molar-refractivity contribution in [1.82, 2.24) is 9.78 Å². The van der Waals surface area contributed by atoms with Gasteiger partial charge in [-0.15, -0.1) is 11.8 Å². The number of hydrogen-bond donors (Lipinski definition) is 1. The average molecular weight is 280 g/mol. The van der Waals surface area contributed by atoms with Crippen molar-refractivity contribution in [3.8, 4) is 0 Å². The maximum absolute atomic E-state index is 12.7. The van der Waals surface area contributed by atoms with E-state index < -0.39 is 6.10 Å². The fraction of sp³-hybridized carbons (Fsp3) is 0.357. The van der Waals surface area contributed by atoms with Gasteiger partial charge in [-0.05, 0) is 36.8 Å². The van der Waals surface area contributed by atoms with Gasteiger partial charge in [-0.25, -0.2) is 4.39 Å². The lowest BCUT2D eigenvalue weighted by Gasteiger charge is -2.08. The second kappa shape index (κ2) is 6.73. The van der Waals surface area contributed by atoms with Crippen LogP contribution in [0.1, 0.15) is 12.5 Å². The molecule has 3 nitrogen and oxygen atoms in total. The molecule has 0 aliphatic rings. The van der Waals surface area contributed by atoms with Crippen LogP contribution in [-0.4, -0.2) is 26.7 Å². The van der Waals surface area contributed by atoms with E-state index >= 15 is 0 Å². The van der Waals surface area contributed by atoms with Gasteiger partial charge < -0.3 is 5.11 Å². The van der Waals surface area contributed by atoms with Crippen molar-refractivity contribution >= 4 is 11.8 Å². The van der Waals surface area contributed by atoms with Crippen molar-refractivity contribution in [2.45, 2.75) is 30.9 Å². The minimum atomic E-state index is -0.426. The number of aliphatic hydroxyl groups is 1. The van der Waals surface area contributed by atoms with Crippen LogP contribution in [0.15, 0.2) is 41.6 Å². The summed E-state index contributed by atoms with van der Waals surface area (Å²) in [5.41, 5.74) is 1.04. The highest BCUT2D eigenvalue weighted by atomic mass is 32.2. The molecule has 1 heterocycles. The lowest BCUT2D eigenvalue weighted by atomic mass is 10.2. The highest BCUT2D eigenvalue weighted by Gasteiger charge is 2.08. The predicted octanol–water partition coefficient (Wildman–Crippen LogP) is 2.74. The molecule has 0 saturated heterocycles. The third-order valence-corrected chi connectivity index (χ3v) is 3.90. The zero-order chi connectivity index (χ0) is 13.7. The third-order valence-electron chi connectivity index (χ3n) is 2.74. The number of halogens is 1. The zero-order valence-electron chi connectivity index (χ0n) is 10.8. The first kappa shape index (κ1) is 14.1. The van der Waals surface area contributed by atoms with Crippen molar-refractivity contribution in [3.05, 3.63) is 48.0 Å². The number of benzene rings is 1. The van der Waals surface area contributed by atoms with E-state index in [-0.39, 0.29) is 5.82 Å². The maximum Gasteiger partial charge on any atom is 0.123 e. The van der Waals surface area contributed by atoms with Gasteiger partial charge in [0.05, 0.1) is 12.3 Å². The number of aromatic nitrogens is 2. The van der Waals surface area contributed by atoms with E-state index in [2.05, 4.69) is 5.10 Å². The molecule has 1 N–H and O–H groups in total. The largest absolute Gasteiger partial charge is 0.392 e. The molecule has 0 radical (unpaired) electrons. The summed E-state index contributed by atoms with van der Waals surface area (Å²) in [7, 11) is 0. The van der Waals surface area contributed by atoms with E-state index in [4.69, 9.17) is 0 Å². The summed E-state index contributed by atoms with van der Waals surface area (Å²) >= 11 is 1.53. The second-order valence-corrected chi connectivity index (χ2v) is 5.42. The van der Waals surface area contributed by atoms with E-state index in [0.717, 1.165) is 17.0 Å². The molecule has 1 unspecified atom stereocenters. The van der Waals surface area contributed by atoms with Gasteiger partial charge in [0.15, 0.2) is 0 Å². The number of hydrogen-bond acceptors (Lipinski definition) is 3. The van der Waals surface area contributed by atoms with Gasteiger partial charge in [0.25, 0.3) is 0 Å². The van der Waals surface area contributed by atoms with Crippen LogP contribution in [0.2, 0.25) is 0 Å². The summed E-state index contributed by atoms with van der Waals surface area (Å²) < 4.78 is 14.6. The smallest absolute Gasteiger partial charge is 0.123 e. The number of aryl methyl sites for hydroxylation is 1. The Balaban J connectivity index is 1.81. The van der Waals surface area contributed by atoms with E-state index in [1.165, 1.54) is 23.9 Å². The normalized spacial score (nSPS) is 12.6.